The van der Waals surface area contributed by atoms with Gasteiger partial charge in [-0.05, 0) is 44.4 Å². The van der Waals surface area contributed by atoms with Crippen LogP contribution in [0.1, 0.15) is 38.7 Å². The Morgan fingerprint density at radius 3 is 2.54 bits per heavy atom. The highest BCUT2D eigenvalue weighted by Gasteiger charge is 2.22. The van der Waals surface area contributed by atoms with Crippen molar-refractivity contribution in [1.29, 1.82) is 0 Å². The molecule has 2 heterocycles. The third-order valence-corrected chi connectivity index (χ3v) is 3.53. The third kappa shape index (κ3) is 4.96. The Labute approximate surface area is 142 Å². The number of alkyl halides is 1. The smallest absolute Gasteiger partial charge is 0.143 e. The van der Waals surface area contributed by atoms with Crippen LogP contribution in [0, 0.1) is 12.8 Å². The zero-order chi connectivity index (χ0) is 17.7. The van der Waals surface area contributed by atoms with Gasteiger partial charge in [0.05, 0.1) is 11.4 Å². The van der Waals surface area contributed by atoms with Crippen molar-refractivity contribution >= 4 is 0 Å². The first-order valence-corrected chi connectivity index (χ1v) is 8.08. The van der Waals surface area contributed by atoms with Crippen molar-refractivity contribution < 1.29 is 9.13 Å². The second-order valence-corrected chi connectivity index (χ2v) is 6.80. The van der Waals surface area contributed by atoms with E-state index in [-0.39, 0.29) is 5.69 Å². The molecule has 2 N–H and O–H groups in total. The van der Waals surface area contributed by atoms with Crippen molar-refractivity contribution in [2.24, 2.45) is 11.7 Å². The van der Waals surface area contributed by atoms with Crippen LogP contribution in [0.5, 0.6) is 5.75 Å². The molecule has 0 radical (unpaired) electrons. The molecular weight excluding hydrogens is 307 g/mol. The maximum Gasteiger partial charge on any atom is 0.143 e. The summed E-state index contributed by atoms with van der Waals surface area (Å²) in [5.41, 5.74) is 7.28. The fourth-order valence-electron chi connectivity index (χ4n) is 2.69. The van der Waals surface area contributed by atoms with E-state index >= 15 is 0 Å². The Hall–Kier alpha value is -2.08. The molecule has 0 amide bonds. The Morgan fingerprint density at radius 2 is 1.92 bits per heavy atom. The van der Waals surface area contributed by atoms with Crippen LogP contribution >= 0.6 is 0 Å². The lowest BCUT2D eigenvalue weighted by Crippen LogP contribution is -2.43. The molecule has 0 spiro atoms. The summed E-state index contributed by atoms with van der Waals surface area (Å²) in [6.07, 6.45) is 2.48. The summed E-state index contributed by atoms with van der Waals surface area (Å²) in [5, 5.41) is 0. The molecule has 6 heteroatoms. The Kier molecular flexibility index (Phi) is 5.83. The molecule has 5 nitrogen and oxygen atoms in total. The van der Waals surface area contributed by atoms with Crippen molar-refractivity contribution in [3.63, 3.8) is 0 Å². The van der Waals surface area contributed by atoms with E-state index in [9.17, 15) is 4.39 Å². The van der Waals surface area contributed by atoms with Crippen molar-refractivity contribution in [3.05, 3.63) is 35.9 Å². The number of pyridine rings is 1. The van der Waals surface area contributed by atoms with Crippen molar-refractivity contribution in [3.8, 4) is 17.1 Å². The molecule has 0 aliphatic carbocycles. The van der Waals surface area contributed by atoms with Crippen LogP contribution in [0.15, 0.2) is 24.4 Å². The van der Waals surface area contributed by atoms with Gasteiger partial charge >= 0.3 is 0 Å². The van der Waals surface area contributed by atoms with Gasteiger partial charge in [-0.3, -0.25) is 0 Å². The molecule has 0 saturated heterocycles. The Morgan fingerprint density at radius 1 is 1.21 bits per heavy atom. The van der Waals surface area contributed by atoms with Gasteiger partial charge in [0.25, 0.3) is 0 Å². The first-order chi connectivity index (χ1) is 11.3. The van der Waals surface area contributed by atoms with E-state index in [1.165, 1.54) is 0 Å². The summed E-state index contributed by atoms with van der Waals surface area (Å²) in [6, 6.07) is 5.24. The minimum atomic E-state index is -0.710. The van der Waals surface area contributed by atoms with E-state index in [4.69, 9.17) is 10.5 Å². The van der Waals surface area contributed by atoms with Gasteiger partial charge in [-0.2, -0.15) is 0 Å². The minimum Gasteiger partial charge on any atom is -0.490 e. The molecule has 0 unspecified atom stereocenters. The molecule has 24 heavy (non-hydrogen) atoms. The molecule has 2 aromatic rings. The number of nitrogens with zero attached hydrogens (tertiary/aromatic N) is 3. The molecule has 0 aromatic carbocycles. The highest BCUT2D eigenvalue weighted by atomic mass is 19.1. The first-order valence-electron chi connectivity index (χ1n) is 8.08. The van der Waals surface area contributed by atoms with Crippen molar-refractivity contribution in [2.45, 2.75) is 46.3 Å². The van der Waals surface area contributed by atoms with Crippen molar-refractivity contribution in [2.75, 3.05) is 6.61 Å². The predicted octanol–water partition coefficient (Wildman–Crippen LogP) is 3.46. The summed E-state index contributed by atoms with van der Waals surface area (Å²) < 4.78 is 19.1. The lowest BCUT2D eigenvalue weighted by Gasteiger charge is -2.27. The molecule has 130 valence electrons. The topological polar surface area (TPSA) is 73.9 Å². The predicted molar refractivity (Wildman–Crippen MR) is 92.4 cm³/mol. The van der Waals surface area contributed by atoms with Crippen LogP contribution in [0.2, 0.25) is 0 Å². The van der Waals surface area contributed by atoms with E-state index in [1.807, 2.05) is 6.92 Å². The number of ether oxygens (including phenoxy) is 1. The molecule has 2 aromatic heterocycles. The summed E-state index contributed by atoms with van der Waals surface area (Å²) in [5.74, 6) is 1.53. The minimum absolute atomic E-state index is 0.254. The fourth-order valence-corrected chi connectivity index (χ4v) is 2.69. The summed E-state index contributed by atoms with van der Waals surface area (Å²) in [6.45, 7) is 7.56. The van der Waals surface area contributed by atoms with Gasteiger partial charge in [0.1, 0.15) is 30.5 Å². The zero-order valence-corrected chi connectivity index (χ0v) is 14.7. The molecule has 2 rings (SSSR count). The number of hydrogen-bond acceptors (Lipinski definition) is 5. The molecule has 0 aliphatic heterocycles. The van der Waals surface area contributed by atoms with Gasteiger partial charge in [0.2, 0.25) is 0 Å². The van der Waals surface area contributed by atoms with Gasteiger partial charge in [0.15, 0.2) is 0 Å². The zero-order valence-electron chi connectivity index (χ0n) is 14.7. The van der Waals surface area contributed by atoms with Gasteiger partial charge < -0.3 is 10.5 Å². The first kappa shape index (κ1) is 18.3. The Bertz CT molecular complexity index is 688. The van der Waals surface area contributed by atoms with Crippen LogP contribution in [0.3, 0.4) is 0 Å². The molecule has 0 saturated carbocycles. The maximum absolute atomic E-state index is 13.4. The lowest BCUT2D eigenvalue weighted by molar-refractivity contribution is 0.203. The van der Waals surface area contributed by atoms with E-state index < -0.39 is 12.2 Å². The van der Waals surface area contributed by atoms with Crippen LogP contribution in [-0.2, 0) is 6.67 Å². The number of aryl methyl sites for hydroxylation is 1. The van der Waals surface area contributed by atoms with E-state index in [0.717, 1.165) is 6.42 Å². The monoisotopic (exact) mass is 332 g/mol. The highest BCUT2D eigenvalue weighted by molar-refractivity contribution is 5.55. The quantitative estimate of drug-likeness (QED) is 0.840. The van der Waals surface area contributed by atoms with Gasteiger partial charge in [-0.1, -0.05) is 13.8 Å². The number of halogens is 1. The molecule has 0 bridgehead atoms. The number of aromatic nitrogens is 3. The lowest BCUT2D eigenvalue weighted by atomic mass is 9.93. The maximum atomic E-state index is 13.4. The largest absolute Gasteiger partial charge is 0.490 e. The molecule has 1 atom stereocenters. The Balaban J connectivity index is 2.17. The SMILES string of the molecule is Cc1nccc(-c2ccc(OC[C@@](C)(N)CC(C)C)c(CF)n2)n1. The average molecular weight is 332 g/mol. The van der Waals surface area contributed by atoms with Crippen molar-refractivity contribution in [1.82, 2.24) is 15.0 Å². The van der Waals surface area contributed by atoms with E-state index in [2.05, 4.69) is 28.8 Å². The summed E-state index contributed by atoms with van der Waals surface area (Å²) >= 11 is 0. The van der Waals surface area contributed by atoms with Gasteiger partial charge in [-0.15, -0.1) is 0 Å². The molecular formula is C18H25FN4O. The molecule has 0 aliphatic rings. The van der Waals surface area contributed by atoms with Gasteiger partial charge in [0, 0.05) is 11.7 Å². The summed E-state index contributed by atoms with van der Waals surface area (Å²) in [4.78, 5) is 12.7. The van der Waals surface area contributed by atoms with Crippen LogP contribution in [-0.4, -0.2) is 27.1 Å². The summed E-state index contributed by atoms with van der Waals surface area (Å²) in [7, 11) is 0. The van der Waals surface area contributed by atoms with E-state index in [0.29, 0.717) is 35.5 Å². The normalized spacial score (nSPS) is 13.8. The highest BCUT2D eigenvalue weighted by Crippen LogP contribution is 2.24. The van der Waals surface area contributed by atoms with Gasteiger partial charge in [-0.25, -0.2) is 19.3 Å². The van der Waals surface area contributed by atoms with Crippen LogP contribution in [0.4, 0.5) is 4.39 Å². The number of rotatable bonds is 7. The van der Waals surface area contributed by atoms with Crippen LogP contribution in [0.25, 0.3) is 11.4 Å². The second kappa shape index (κ2) is 7.66. The standard InChI is InChI=1S/C18H25FN4O/c1-12(2)9-18(4,20)11-24-17-6-5-14(23-16(17)10-19)15-7-8-21-13(3)22-15/h5-8,12H,9-11,20H2,1-4H3/t18-/m0/s1. The molecule has 0 fully saturated rings. The number of hydrogen-bond donors (Lipinski definition) is 1. The average Bonchev–Trinajstić information content (AvgIpc) is 2.51. The van der Waals surface area contributed by atoms with Crippen LogP contribution < -0.4 is 10.5 Å². The van der Waals surface area contributed by atoms with E-state index in [1.54, 1.807) is 31.3 Å². The fraction of sp³-hybridized carbons (Fsp3) is 0.500. The third-order valence-electron chi connectivity index (χ3n) is 3.53. The number of nitrogens with two attached hydrogens (primary N) is 1. The second-order valence-electron chi connectivity index (χ2n) is 6.80.